The van der Waals surface area contributed by atoms with E-state index in [1.54, 1.807) is 6.92 Å². The number of carbonyl (C=O) groups excluding carboxylic acids is 1. The van der Waals surface area contributed by atoms with Crippen LogP contribution in [0.2, 0.25) is 0 Å². The quantitative estimate of drug-likeness (QED) is 0.474. The molecule has 3 N–H and O–H groups in total. The number of alkyl carbamates (subject to hydrolysis) is 1. The Kier molecular flexibility index (Phi) is 7.64. The normalized spacial score (nSPS) is 18.8. The number of carbonyl (C=O) groups is 2. The number of hydrogen-bond acceptors (Lipinski definition) is 7. The van der Waals surface area contributed by atoms with Crippen molar-refractivity contribution in [3.8, 4) is 0 Å². The van der Waals surface area contributed by atoms with E-state index in [4.69, 9.17) is 15.3 Å². The molecule has 0 atom stereocenters. The van der Waals surface area contributed by atoms with Crippen LogP contribution in [0, 0.1) is 5.41 Å². The second-order valence-electron chi connectivity index (χ2n) is 7.69. The summed E-state index contributed by atoms with van der Waals surface area (Å²) < 4.78 is 4.80. The number of nitrogens with one attached hydrogen (secondary N) is 2. The van der Waals surface area contributed by atoms with Gasteiger partial charge in [0.2, 0.25) is 0 Å². The van der Waals surface area contributed by atoms with Crippen molar-refractivity contribution in [2.75, 3.05) is 57.3 Å². The highest BCUT2D eigenvalue weighted by molar-refractivity contribution is 6.04. The van der Waals surface area contributed by atoms with Gasteiger partial charge in [-0.1, -0.05) is 0 Å². The average Bonchev–Trinajstić information content (AvgIpc) is 2.74. The smallest absolute Gasteiger partial charge is 0.412 e. The van der Waals surface area contributed by atoms with Crippen molar-refractivity contribution < 1.29 is 19.4 Å². The Bertz CT molecular complexity index is 738. The number of benzene rings is 1. The fourth-order valence-corrected chi connectivity index (χ4v) is 4.16. The predicted octanol–water partition coefficient (Wildman–Crippen LogP) is 1.43. The van der Waals surface area contributed by atoms with Crippen LogP contribution in [0.5, 0.6) is 0 Å². The summed E-state index contributed by atoms with van der Waals surface area (Å²) in [6.07, 6.45) is 1.44. The Morgan fingerprint density at radius 1 is 1.10 bits per heavy atom. The lowest BCUT2D eigenvalue weighted by atomic mass is 10.0. The molecule has 1 aromatic rings. The van der Waals surface area contributed by atoms with E-state index >= 15 is 0 Å². The molecular weight excluding hydrogens is 386 g/mol. The standard InChI is InChI=1S/C21H31N5O4/c1-2-30-21(29)23-20(22)16-3-5-17(6-4-16)25-11-13-26(14-12-25)18-7-9-24(10-8-18)15-19(27)28/h3-6,18H,2,7-15H2,1H3,(H,27,28)(H2,22,23,29). The number of anilines is 1. The zero-order valence-corrected chi connectivity index (χ0v) is 17.5. The Labute approximate surface area is 177 Å². The molecule has 0 spiro atoms. The van der Waals surface area contributed by atoms with E-state index in [1.807, 2.05) is 29.2 Å². The van der Waals surface area contributed by atoms with Gasteiger partial charge in [-0.15, -0.1) is 0 Å². The number of likely N-dealkylation sites (tertiary alicyclic amines) is 1. The van der Waals surface area contributed by atoms with Crippen molar-refractivity contribution in [2.45, 2.75) is 25.8 Å². The van der Waals surface area contributed by atoms with Gasteiger partial charge in [-0.2, -0.15) is 0 Å². The maximum Gasteiger partial charge on any atom is 0.412 e. The van der Waals surface area contributed by atoms with Gasteiger partial charge in [-0.05, 0) is 44.0 Å². The van der Waals surface area contributed by atoms with Gasteiger partial charge in [0.25, 0.3) is 0 Å². The Morgan fingerprint density at radius 2 is 1.73 bits per heavy atom. The number of rotatable bonds is 6. The summed E-state index contributed by atoms with van der Waals surface area (Å²) >= 11 is 0. The molecule has 1 aromatic carbocycles. The molecule has 0 bridgehead atoms. The topological polar surface area (TPSA) is 109 Å². The summed E-state index contributed by atoms with van der Waals surface area (Å²) in [5.41, 5.74) is 1.75. The number of carboxylic acids is 1. The van der Waals surface area contributed by atoms with Gasteiger partial charge in [-0.25, -0.2) is 4.79 Å². The van der Waals surface area contributed by atoms with Crippen molar-refractivity contribution in [3.05, 3.63) is 29.8 Å². The van der Waals surface area contributed by atoms with Crippen molar-refractivity contribution in [2.24, 2.45) is 0 Å². The molecule has 1 amide bonds. The number of piperazine rings is 1. The highest BCUT2D eigenvalue weighted by Gasteiger charge is 2.28. The summed E-state index contributed by atoms with van der Waals surface area (Å²) in [7, 11) is 0. The molecule has 0 unspecified atom stereocenters. The average molecular weight is 418 g/mol. The number of hydrogen-bond donors (Lipinski definition) is 3. The Balaban J connectivity index is 1.45. The zero-order valence-electron chi connectivity index (χ0n) is 17.5. The van der Waals surface area contributed by atoms with Gasteiger partial charge in [0.15, 0.2) is 0 Å². The molecule has 3 rings (SSSR count). The van der Waals surface area contributed by atoms with Crippen molar-refractivity contribution >= 4 is 23.6 Å². The molecular formula is C21H31N5O4. The van der Waals surface area contributed by atoms with Crippen LogP contribution >= 0.6 is 0 Å². The summed E-state index contributed by atoms with van der Waals surface area (Å²) in [6, 6.07) is 8.19. The van der Waals surface area contributed by atoms with E-state index in [0.717, 1.165) is 57.8 Å². The van der Waals surface area contributed by atoms with E-state index in [1.165, 1.54) is 0 Å². The first kappa shape index (κ1) is 22.0. The Hall–Kier alpha value is -2.65. The van der Waals surface area contributed by atoms with Crippen LogP contribution < -0.4 is 10.2 Å². The first-order chi connectivity index (χ1) is 14.5. The summed E-state index contributed by atoms with van der Waals surface area (Å²) in [5, 5.41) is 19.3. The maximum atomic E-state index is 11.5. The lowest BCUT2D eigenvalue weighted by Gasteiger charge is -2.43. The van der Waals surface area contributed by atoms with Crippen LogP contribution in [0.3, 0.4) is 0 Å². The molecule has 0 radical (unpaired) electrons. The minimum atomic E-state index is -0.750. The van der Waals surface area contributed by atoms with Crippen molar-refractivity contribution in [3.63, 3.8) is 0 Å². The van der Waals surface area contributed by atoms with Gasteiger partial charge in [0.1, 0.15) is 5.84 Å². The number of piperidine rings is 1. The highest BCUT2D eigenvalue weighted by Crippen LogP contribution is 2.22. The third-order valence-electron chi connectivity index (χ3n) is 5.77. The molecule has 9 heteroatoms. The summed E-state index contributed by atoms with van der Waals surface area (Å²) in [5.74, 6) is -0.723. The van der Waals surface area contributed by atoms with E-state index in [-0.39, 0.29) is 19.0 Å². The first-order valence-corrected chi connectivity index (χ1v) is 10.5. The molecule has 164 valence electrons. The second-order valence-corrected chi connectivity index (χ2v) is 7.69. The van der Waals surface area contributed by atoms with E-state index < -0.39 is 12.1 Å². The van der Waals surface area contributed by atoms with Crippen LogP contribution in [0.15, 0.2) is 24.3 Å². The minimum Gasteiger partial charge on any atom is -0.480 e. The molecule has 9 nitrogen and oxygen atoms in total. The van der Waals surface area contributed by atoms with Crippen molar-refractivity contribution in [1.29, 1.82) is 5.41 Å². The monoisotopic (exact) mass is 417 g/mol. The molecule has 30 heavy (non-hydrogen) atoms. The van der Waals surface area contributed by atoms with Crippen LogP contribution in [-0.2, 0) is 9.53 Å². The van der Waals surface area contributed by atoms with Gasteiger partial charge in [0, 0.05) is 56.6 Å². The Morgan fingerprint density at radius 3 is 2.30 bits per heavy atom. The van der Waals surface area contributed by atoms with Gasteiger partial charge < -0.3 is 14.7 Å². The molecule has 2 aliphatic heterocycles. The number of amides is 1. The number of nitrogens with zero attached hydrogens (tertiary/aromatic N) is 3. The van der Waals surface area contributed by atoms with Crippen LogP contribution in [-0.4, -0.2) is 91.3 Å². The van der Waals surface area contributed by atoms with Gasteiger partial charge in [0.05, 0.1) is 13.2 Å². The first-order valence-electron chi connectivity index (χ1n) is 10.5. The lowest BCUT2D eigenvalue weighted by Crippen LogP contribution is -2.53. The van der Waals surface area contributed by atoms with Crippen LogP contribution in [0.1, 0.15) is 25.3 Å². The second kappa shape index (κ2) is 10.4. The highest BCUT2D eigenvalue weighted by atomic mass is 16.5. The fraction of sp³-hybridized carbons (Fsp3) is 0.571. The molecule has 0 aliphatic carbocycles. The van der Waals surface area contributed by atoms with Crippen LogP contribution in [0.4, 0.5) is 10.5 Å². The third kappa shape index (κ3) is 5.93. The summed E-state index contributed by atoms with van der Waals surface area (Å²) in [4.78, 5) is 29.2. The van der Waals surface area contributed by atoms with E-state index in [2.05, 4.69) is 15.1 Å². The van der Waals surface area contributed by atoms with Gasteiger partial charge in [-0.3, -0.25) is 25.3 Å². The number of ether oxygens (including phenoxy) is 1. The third-order valence-corrected chi connectivity index (χ3v) is 5.77. The predicted molar refractivity (Wildman–Crippen MR) is 114 cm³/mol. The molecule has 0 saturated carbocycles. The van der Waals surface area contributed by atoms with E-state index in [0.29, 0.717) is 11.6 Å². The molecule has 2 heterocycles. The molecule has 2 fully saturated rings. The minimum absolute atomic E-state index is 0.0269. The van der Waals surface area contributed by atoms with E-state index in [9.17, 15) is 9.59 Å². The zero-order chi connectivity index (χ0) is 21.5. The largest absolute Gasteiger partial charge is 0.480 e. The van der Waals surface area contributed by atoms with Gasteiger partial charge >= 0.3 is 12.1 Å². The fourth-order valence-electron chi connectivity index (χ4n) is 4.16. The number of aliphatic carboxylic acids is 1. The molecule has 0 aromatic heterocycles. The lowest BCUT2D eigenvalue weighted by molar-refractivity contribution is -0.138. The number of carboxylic acid groups (broad SMARTS) is 1. The molecule has 2 aliphatic rings. The maximum absolute atomic E-state index is 11.5. The van der Waals surface area contributed by atoms with Crippen LogP contribution in [0.25, 0.3) is 0 Å². The SMILES string of the molecule is CCOC(=O)NC(=N)c1ccc(N2CCN(C3CCN(CC(=O)O)CC3)CC2)cc1. The number of amidine groups is 1. The summed E-state index contributed by atoms with van der Waals surface area (Å²) in [6.45, 7) is 7.70. The van der Waals surface area contributed by atoms with Crippen molar-refractivity contribution in [1.82, 2.24) is 15.1 Å². The molecule has 2 saturated heterocycles.